The monoisotopic (exact) mass is 556 g/mol. The molecule has 0 amide bonds. The maximum Gasteiger partial charge on any atom is 0.0805 e. The molecule has 4 nitrogen and oxygen atoms in total. The molecule has 2 aromatic carbocycles. The molecule has 0 aliphatic carbocycles. The minimum absolute atomic E-state index is 0.683. The average Bonchev–Trinajstić information content (AvgIpc) is 3.78. The summed E-state index contributed by atoms with van der Waals surface area (Å²) in [7, 11) is 0. The van der Waals surface area contributed by atoms with Gasteiger partial charge >= 0.3 is 0 Å². The Morgan fingerprint density at radius 1 is 0.625 bits per heavy atom. The van der Waals surface area contributed by atoms with Crippen molar-refractivity contribution in [3.05, 3.63) is 125 Å². The maximum atomic E-state index is 5.06. The molecule has 0 spiro atoms. The van der Waals surface area contributed by atoms with E-state index in [2.05, 4.69) is 130 Å². The number of anilines is 1. The third kappa shape index (κ3) is 4.70. The summed E-state index contributed by atoms with van der Waals surface area (Å²) in [5, 5.41) is 6.77. The highest BCUT2D eigenvalue weighted by atomic mass is 32.1. The second kappa shape index (κ2) is 10.7. The third-order valence-electron chi connectivity index (χ3n) is 7.30. The molecule has 7 aromatic rings. The highest BCUT2D eigenvalue weighted by molar-refractivity contribution is 7.13. The van der Waals surface area contributed by atoms with Crippen molar-refractivity contribution < 1.29 is 0 Å². The smallest absolute Gasteiger partial charge is 0.0805 e. The maximum absolute atomic E-state index is 5.06. The van der Waals surface area contributed by atoms with E-state index in [1.54, 1.807) is 22.7 Å². The van der Waals surface area contributed by atoms with Crippen LogP contribution in [0.5, 0.6) is 0 Å². The van der Waals surface area contributed by atoms with Crippen molar-refractivity contribution in [2.75, 3.05) is 4.90 Å². The fraction of sp³-hybridized carbons (Fsp3) is 0.118. The van der Waals surface area contributed by atoms with Crippen LogP contribution in [-0.4, -0.2) is 14.5 Å². The van der Waals surface area contributed by atoms with Crippen molar-refractivity contribution in [2.45, 2.75) is 26.6 Å². The molecule has 0 saturated carbocycles. The van der Waals surface area contributed by atoms with E-state index in [9.17, 15) is 0 Å². The van der Waals surface area contributed by atoms with E-state index in [1.165, 1.54) is 31.6 Å². The number of fused-ring (bicyclic) bond motifs is 3. The number of aromatic nitrogens is 3. The van der Waals surface area contributed by atoms with Crippen molar-refractivity contribution in [3.8, 4) is 21.1 Å². The van der Waals surface area contributed by atoms with Gasteiger partial charge in [-0.2, -0.15) is 0 Å². The summed E-state index contributed by atoms with van der Waals surface area (Å²) in [6.07, 6.45) is 0. The number of pyridine rings is 2. The Morgan fingerprint density at radius 3 is 1.85 bits per heavy atom. The molecule has 0 unspecified atom stereocenters. The molecule has 0 bridgehead atoms. The van der Waals surface area contributed by atoms with E-state index in [-0.39, 0.29) is 0 Å². The lowest BCUT2D eigenvalue weighted by atomic mass is 10.1. The van der Waals surface area contributed by atoms with Gasteiger partial charge in [0.15, 0.2) is 0 Å². The van der Waals surface area contributed by atoms with Crippen LogP contribution in [0.15, 0.2) is 114 Å². The van der Waals surface area contributed by atoms with Crippen molar-refractivity contribution in [2.24, 2.45) is 0 Å². The van der Waals surface area contributed by atoms with E-state index < -0.39 is 0 Å². The van der Waals surface area contributed by atoms with Crippen LogP contribution >= 0.6 is 22.7 Å². The van der Waals surface area contributed by atoms with Crippen LogP contribution < -0.4 is 4.90 Å². The van der Waals surface area contributed by atoms with Gasteiger partial charge in [0.05, 0.1) is 45.6 Å². The Hall–Kier alpha value is -4.26. The van der Waals surface area contributed by atoms with Gasteiger partial charge in [-0.1, -0.05) is 42.5 Å². The molecule has 0 atom stereocenters. The largest absolute Gasteiger partial charge is 0.360 e. The third-order valence-corrected chi connectivity index (χ3v) is 9.09. The quantitative estimate of drug-likeness (QED) is 0.187. The first-order valence-corrected chi connectivity index (χ1v) is 15.3. The van der Waals surface area contributed by atoms with Crippen LogP contribution in [0.1, 0.15) is 18.3 Å². The second-order valence-corrected chi connectivity index (χ2v) is 11.7. The summed E-state index contributed by atoms with van der Waals surface area (Å²) in [6, 6.07) is 36.7. The molecule has 0 N–H and O–H groups in total. The van der Waals surface area contributed by atoms with Gasteiger partial charge in [-0.25, -0.2) is 0 Å². The van der Waals surface area contributed by atoms with Gasteiger partial charge < -0.3 is 9.47 Å². The van der Waals surface area contributed by atoms with Gasteiger partial charge in [-0.15, -0.1) is 22.7 Å². The fourth-order valence-corrected chi connectivity index (χ4v) is 6.86. The average molecular weight is 557 g/mol. The first-order valence-electron chi connectivity index (χ1n) is 13.5. The zero-order chi connectivity index (χ0) is 26.9. The van der Waals surface area contributed by atoms with Gasteiger partial charge in [0.2, 0.25) is 0 Å². The van der Waals surface area contributed by atoms with Gasteiger partial charge in [0, 0.05) is 34.0 Å². The zero-order valence-corrected chi connectivity index (χ0v) is 23.8. The molecule has 7 rings (SSSR count). The minimum atomic E-state index is 0.683. The lowest BCUT2D eigenvalue weighted by Crippen LogP contribution is -2.23. The van der Waals surface area contributed by atoms with E-state index >= 15 is 0 Å². The molecule has 196 valence electrons. The zero-order valence-electron chi connectivity index (χ0n) is 22.2. The van der Waals surface area contributed by atoms with Gasteiger partial charge in [0.25, 0.3) is 0 Å². The molecule has 5 aromatic heterocycles. The van der Waals surface area contributed by atoms with Gasteiger partial charge in [0.1, 0.15) is 0 Å². The number of benzene rings is 2. The predicted octanol–water partition coefficient (Wildman–Crippen LogP) is 9.27. The molecular weight excluding hydrogens is 529 g/mol. The fourth-order valence-electron chi connectivity index (χ4n) is 5.47. The number of hydrogen-bond donors (Lipinski definition) is 0. The van der Waals surface area contributed by atoms with Crippen LogP contribution in [0.25, 0.3) is 42.9 Å². The number of nitrogens with zero attached hydrogens (tertiary/aromatic N) is 4. The Labute approximate surface area is 241 Å². The highest BCUT2D eigenvalue weighted by Crippen LogP contribution is 2.33. The van der Waals surface area contributed by atoms with Crippen molar-refractivity contribution in [1.82, 2.24) is 14.5 Å². The molecule has 0 aliphatic rings. The Kier molecular flexibility index (Phi) is 6.63. The summed E-state index contributed by atoms with van der Waals surface area (Å²) in [5.41, 5.74) is 7.83. The summed E-state index contributed by atoms with van der Waals surface area (Å²) in [6.45, 7) is 4.51. The number of thiophene rings is 2. The highest BCUT2D eigenvalue weighted by Gasteiger charge is 2.16. The van der Waals surface area contributed by atoms with Crippen LogP contribution in [0.3, 0.4) is 0 Å². The molecule has 40 heavy (non-hydrogen) atoms. The van der Waals surface area contributed by atoms with E-state index in [0.29, 0.717) is 13.1 Å². The normalized spacial score (nSPS) is 11.4. The van der Waals surface area contributed by atoms with E-state index in [4.69, 9.17) is 9.97 Å². The lowest BCUT2D eigenvalue weighted by Gasteiger charge is -2.25. The molecule has 6 heteroatoms. The van der Waals surface area contributed by atoms with Crippen molar-refractivity contribution in [1.29, 1.82) is 0 Å². The van der Waals surface area contributed by atoms with Crippen LogP contribution in [0, 0.1) is 0 Å². The molecule has 0 radical (unpaired) electrons. The Bertz CT molecular complexity index is 1820. The van der Waals surface area contributed by atoms with Crippen LogP contribution in [-0.2, 0) is 19.6 Å². The molecule has 5 heterocycles. The standard InChI is InChI=1S/C34H28N4S2/c1-2-38-31-14-4-3-11-27(31)28-21-26(17-18-32(28)38)37(22-24-9-5-12-29(35-24)33-15-7-19-39-33)23-25-10-6-13-30(36-25)34-16-8-20-40-34/h3-21H,2,22-23H2,1H3. The topological polar surface area (TPSA) is 34.0 Å². The Morgan fingerprint density at radius 2 is 1.25 bits per heavy atom. The number of aryl methyl sites for hydroxylation is 1. The predicted molar refractivity (Wildman–Crippen MR) is 170 cm³/mol. The minimum Gasteiger partial charge on any atom is -0.360 e. The summed E-state index contributed by atoms with van der Waals surface area (Å²) < 4.78 is 2.40. The van der Waals surface area contributed by atoms with Crippen LogP contribution in [0.2, 0.25) is 0 Å². The van der Waals surface area contributed by atoms with Crippen molar-refractivity contribution >= 4 is 50.2 Å². The number of rotatable bonds is 8. The SMILES string of the molecule is CCn1c2ccccc2c2cc(N(Cc3cccc(-c4cccs4)n3)Cc3cccc(-c4cccs4)n3)ccc21. The summed E-state index contributed by atoms with van der Waals surface area (Å²) >= 11 is 3.44. The number of para-hydroxylation sites is 1. The van der Waals surface area contributed by atoms with Gasteiger partial charge in [-0.05, 0) is 78.3 Å². The molecule has 0 saturated heterocycles. The Balaban J connectivity index is 1.31. The summed E-state index contributed by atoms with van der Waals surface area (Å²) in [4.78, 5) is 14.9. The van der Waals surface area contributed by atoms with E-state index in [1.807, 2.05) is 0 Å². The molecular formula is C34H28N4S2. The molecule has 0 fully saturated rings. The first kappa shape index (κ1) is 24.8. The van der Waals surface area contributed by atoms with Crippen LogP contribution in [0.4, 0.5) is 5.69 Å². The second-order valence-electron chi connectivity index (χ2n) is 9.80. The molecule has 0 aliphatic heterocycles. The number of hydrogen-bond acceptors (Lipinski definition) is 5. The first-order chi connectivity index (χ1) is 19.8. The van der Waals surface area contributed by atoms with E-state index in [0.717, 1.165) is 35.0 Å². The van der Waals surface area contributed by atoms with Crippen molar-refractivity contribution in [3.63, 3.8) is 0 Å². The van der Waals surface area contributed by atoms with Gasteiger partial charge in [-0.3, -0.25) is 9.97 Å². The lowest BCUT2D eigenvalue weighted by molar-refractivity contribution is 0.767. The summed E-state index contributed by atoms with van der Waals surface area (Å²) in [5.74, 6) is 0.